The van der Waals surface area contributed by atoms with Crippen molar-refractivity contribution in [2.45, 2.75) is 57.5 Å². The van der Waals surface area contributed by atoms with Crippen LogP contribution in [0.5, 0.6) is 0 Å². The number of carbonyl (C=O) groups excluding carboxylic acids is 2. The Kier molecular flexibility index (Phi) is 6.69. The number of hydrogen-bond donors (Lipinski definition) is 1. The number of methoxy groups -OCH3 is 1. The van der Waals surface area contributed by atoms with Crippen LogP contribution < -0.4 is 10.5 Å². The number of ether oxygens (including phenoxy) is 1. The molecular formula is C22H28N2O5. The van der Waals surface area contributed by atoms with Crippen LogP contribution in [-0.4, -0.2) is 41.3 Å². The number of hydrogen-bond acceptors (Lipinski definition) is 5. The second-order valence-electron chi connectivity index (χ2n) is 7.52. The minimum Gasteiger partial charge on any atom is -0.467 e. The summed E-state index contributed by atoms with van der Waals surface area (Å²) in [5.74, 6) is -0.731. The number of aliphatic hydroxyl groups is 1. The molecule has 7 nitrogen and oxygen atoms in total. The van der Waals surface area contributed by atoms with Gasteiger partial charge in [-0.3, -0.25) is 14.2 Å². The molecule has 1 aliphatic carbocycles. The number of nitrogens with zero attached hydrogens (tertiary/aromatic N) is 2. The molecule has 3 rings (SSSR count). The van der Waals surface area contributed by atoms with Crippen LogP contribution in [0.4, 0.5) is 5.69 Å². The maximum Gasteiger partial charge on any atom is 0.331 e. The second kappa shape index (κ2) is 9.22. The van der Waals surface area contributed by atoms with Crippen molar-refractivity contribution in [2.24, 2.45) is 0 Å². The third-order valence-electron chi connectivity index (χ3n) is 5.72. The lowest BCUT2D eigenvalue weighted by atomic mass is 10.0. The highest BCUT2D eigenvalue weighted by Crippen LogP contribution is 2.31. The number of benzene rings is 1. The first-order chi connectivity index (χ1) is 14.0. The van der Waals surface area contributed by atoms with Gasteiger partial charge in [0.05, 0.1) is 19.4 Å². The average Bonchev–Trinajstić information content (AvgIpc) is 2.99. The van der Waals surface area contributed by atoms with E-state index >= 15 is 0 Å². The molecule has 1 aliphatic rings. The van der Waals surface area contributed by atoms with Crippen molar-refractivity contribution in [3.05, 3.63) is 40.8 Å². The van der Waals surface area contributed by atoms with Gasteiger partial charge in [-0.2, -0.15) is 0 Å². The molecule has 0 radical (unpaired) electrons. The summed E-state index contributed by atoms with van der Waals surface area (Å²) in [6.45, 7) is 1.02. The molecule has 1 heterocycles. The van der Waals surface area contributed by atoms with Gasteiger partial charge in [0.2, 0.25) is 5.91 Å². The molecule has 2 aromatic rings. The first-order valence-corrected chi connectivity index (χ1v) is 10.1. The highest BCUT2D eigenvalue weighted by molar-refractivity contribution is 6.03. The number of pyridine rings is 1. The molecule has 1 fully saturated rings. The van der Waals surface area contributed by atoms with Crippen LogP contribution in [0.2, 0.25) is 0 Å². The minimum absolute atomic E-state index is 0.0450. The molecule has 1 aromatic heterocycles. The summed E-state index contributed by atoms with van der Waals surface area (Å²) in [4.78, 5) is 39.4. The minimum atomic E-state index is -1.11. The summed E-state index contributed by atoms with van der Waals surface area (Å²) in [7, 11) is 1.21. The van der Waals surface area contributed by atoms with E-state index in [1.807, 2.05) is 11.0 Å². The fourth-order valence-electron chi connectivity index (χ4n) is 4.28. The summed E-state index contributed by atoms with van der Waals surface area (Å²) < 4.78 is 5.88. The van der Waals surface area contributed by atoms with Gasteiger partial charge < -0.3 is 14.7 Å². The summed E-state index contributed by atoms with van der Waals surface area (Å²) in [6, 6.07) is 6.03. The van der Waals surface area contributed by atoms with E-state index in [0.29, 0.717) is 16.5 Å². The highest BCUT2D eigenvalue weighted by Gasteiger charge is 2.27. The predicted octanol–water partition coefficient (Wildman–Crippen LogP) is 2.78. The van der Waals surface area contributed by atoms with Gasteiger partial charge in [0.15, 0.2) is 6.04 Å². The number of anilines is 1. The Morgan fingerprint density at radius 3 is 2.45 bits per heavy atom. The maximum atomic E-state index is 13.1. The van der Waals surface area contributed by atoms with Crippen molar-refractivity contribution in [1.82, 2.24) is 4.57 Å². The van der Waals surface area contributed by atoms with Gasteiger partial charge in [-0.25, -0.2) is 4.79 Å². The second-order valence-corrected chi connectivity index (χ2v) is 7.52. The van der Waals surface area contributed by atoms with E-state index in [1.54, 1.807) is 25.1 Å². The fourth-order valence-corrected chi connectivity index (χ4v) is 4.28. The van der Waals surface area contributed by atoms with Gasteiger partial charge in [-0.05, 0) is 31.0 Å². The Morgan fingerprint density at radius 1 is 1.17 bits per heavy atom. The van der Waals surface area contributed by atoms with Gasteiger partial charge >= 0.3 is 5.97 Å². The van der Waals surface area contributed by atoms with Gasteiger partial charge in [0.25, 0.3) is 5.56 Å². The Hall–Kier alpha value is -2.67. The van der Waals surface area contributed by atoms with Crippen LogP contribution in [0.15, 0.2) is 35.3 Å². The van der Waals surface area contributed by atoms with Gasteiger partial charge in [0.1, 0.15) is 0 Å². The monoisotopic (exact) mass is 400 g/mol. The number of fused-ring (bicyclic) bond motifs is 1. The number of aromatic nitrogens is 1. The van der Waals surface area contributed by atoms with E-state index in [4.69, 9.17) is 4.74 Å². The summed E-state index contributed by atoms with van der Waals surface area (Å²) in [6.07, 6.45) is 7.91. The first-order valence-electron chi connectivity index (χ1n) is 10.1. The Morgan fingerprint density at radius 2 is 1.86 bits per heavy atom. The van der Waals surface area contributed by atoms with Crippen molar-refractivity contribution >= 4 is 28.3 Å². The molecule has 1 saturated carbocycles. The molecule has 0 spiro atoms. The molecule has 1 aromatic carbocycles. The normalized spacial score (nSPS) is 16.2. The molecule has 1 amide bonds. The molecular weight excluding hydrogens is 372 g/mol. The van der Waals surface area contributed by atoms with E-state index in [2.05, 4.69) is 0 Å². The zero-order chi connectivity index (χ0) is 21.0. The van der Waals surface area contributed by atoms with Crippen molar-refractivity contribution in [2.75, 3.05) is 18.6 Å². The summed E-state index contributed by atoms with van der Waals surface area (Å²) >= 11 is 0. The first kappa shape index (κ1) is 21.0. The molecule has 1 unspecified atom stereocenters. The average molecular weight is 400 g/mol. The number of esters is 1. The standard InChI is InChI=1S/C22H28N2O5/c1-15(26)24(16-8-5-3-4-6-9-16)19-11-7-10-18-17(19)12-13-23(21(18)27)20(14-25)22(28)29-2/h7,10-13,16,20,25H,3-6,8-9,14H2,1-2H3. The number of aliphatic hydroxyl groups excluding tert-OH is 1. The molecule has 0 aliphatic heterocycles. The number of rotatable bonds is 5. The Bertz CT molecular complexity index is 944. The van der Waals surface area contributed by atoms with Gasteiger partial charge in [-0.15, -0.1) is 0 Å². The summed E-state index contributed by atoms with van der Waals surface area (Å²) in [5, 5.41) is 10.6. The van der Waals surface area contributed by atoms with E-state index in [0.717, 1.165) is 25.7 Å². The molecule has 156 valence electrons. The van der Waals surface area contributed by atoms with E-state index in [9.17, 15) is 19.5 Å². The van der Waals surface area contributed by atoms with Crippen LogP contribution in [0.1, 0.15) is 51.5 Å². The molecule has 0 bridgehead atoms. The predicted molar refractivity (Wildman–Crippen MR) is 111 cm³/mol. The van der Waals surface area contributed by atoms with E-state index < -0.39 is 24.2 Å². The van der Waals surface area contributed by atoms with E-state index in [-0.39, 0.29) is 11.9 Å². The quantitative estimate of drug-likeness (QED) is 0.616. The van der Waals surface area contributed by atoms with Crippen LogP contribution in [-0.2, 0) is 14.3 Å². The van der Waals surface area contributed by atoms with Gasteiger partial charge in [0, 0.05) is 29.9 Å². The fraction of sp³-hybridized carbons (Fsp3) is 0.500. The van der Waals surface area contributed by atoms with Crippen molar-refractivity contribution in [3.8, 4) is 0 Å². The van der Waals surface area contributed by atoms with Crippen LogP contribution in [0, 0.1) is 0 Å². The molecule has 0 saturated heterocycles. The summed E-state index contributed by atoms with van der Waals surface area (Å²) in [5.41, 5.74) is 0.308. The zero-order valence-corrected chi connectivity index (χ0v) is 17.0. The van der Waals surface area contributed by atoms with Crippen LogP contribution >= 0.6 is 0 Å². The largest absolute Gasteiger partial charge is 0.467 e. The van der Waals surface area contributed by atoms with Crippen molar-refractivity contribution < 1.29 is 19.4 Å². The topological polar surface area (TPSA) is 88.8 Å². The Balaban J connectivity index is 2.12. The smallest absolute Gasteiger partial charge is 0.331 e. The lowest BCUT2D eigenvalue weighted by Gasteiger charge is -2.31. The van der Waals surface area contributed by atoms with Crippen LogP contribution in [0.25, 0.3) is 10.8 Å². The maximum absolute atomic E-state index is 13.1. The third kappa shape index (κ3) is 4.19. The molecule has 29 heavy (non-hydrogen) atoms. The number of amides is 1. The SMILES string of the molecule is COC(=O)C(CO)n1ccc2c(N(C(C)=O)C3CCCCCC3)cccc2c1=O. The van der Waals surface area contributed by atoms with E-state index in [1.165, 1.54) is 30.7 Å². The molecule has 1 N–H and O–H groups in total. The Labute approximate surface area is 169 Å². The molecule has 1 atom stereocenters. The third-order valence-corrected chi connectivity index (χ3v) is 5.72. The van der Waals surface area contributed by atoms with Crippen molar-refractivity contribution in [3.63, 3.8) is 0 Å². The van der Waals surface area contributed by atoms with Gasteiger partial charge in [-0.1, -0.05) is 31.7 Å². The lowest BCUT2D eigenvalue weighted by Crippen LogP contribution is -2.39. The lowest BCUT2D eigenvalue weighted by molar-refractivity contribution is -0.145. The molecule has 7 heteroatoms. The number of carbonyl (C=O) groups is 2. The highest BCUT2D eigenvalue weighted by atomic mass is 16.5. The zero-order valence-electron chi connectivity index (χ0n) is 17.0. The van der Waals surface area contributed by atoms with Crippen molar-refractivity contribution in [1.29, 1.82) is 0 Å². The van der Waals surface area contributed by atoms with Crippen LogP contribution in [0.3, 0.4) is 0 Å².